The predicted octanol–water partition coefficient (Wildman–Crippen LogP) is 1.25. The van der Waals surface area contributed by atoms with Crippen LogP contribution in [0.5, 0.6) is 0 Å². The smallest absolute Gasteiger partial charge is 0.343 e. The van der Waals surface area contributed by atoms with Crippen LogP contribution in [0.2, 0.25) is 0 Å². The highest BCUT2D eigenvalue weighted by Crippen LogP contribution is 2.12. The Kier molecular flexibility index (Phi) is 3.45. The van der Waals surface area contributed by atoms with Gasteiger partial charge in [-0.05, 0) is 12.1 Å². The van der Waals surface area contributed by atoms with E-state index < -0.39 is 18.6 Å². The van der Waals surface area contributed by atoms with Crippen molar-refractivity contribution in [1.29, 1.82) is 5.26 Å². The van der Waals surface area contributed by atoms with E-state index in [1.807, 2.05) is 0 Å². The number of nitriles is 1. The molecule has 1 amide bonds. The van der Waals surface area contributed by atoms with E-state index in [2.05, 4.69) is 4.98 Å². The van der Waals surface area contributed by atoms with E-state index in [-0.39, 0.29) is 11.3 Å². The average molecular weight is 229 g/mol. The Balaban J connectivity index is 2.71. The summed E-state index contributed by atoms with van der Waals surface area (Å²) in [5, 5.41) is 10.2. The SMILES string of the molecule is N#Cc1cc(C(=O)NCC(F)(F)F)ccn1. The lowest BCUT2D eigenvalue weighted by Gasteiger charge is -2.07. The molecule has 16 heavy (non-hydrogen) atoms. The number of rotatable bonds is 2. The molecule has 84 valence electrons. The highest BCUT2D eigenvalue weighted by Gasteiger charge is 2.27. The van der Waals surface area contributed by atoms with Gasteiger partial charge in [0.2, 0.25) is 0 Å². The Bertz CT molecular complexity index is 436. The molecule has 0 atom stereocenters. The minimum Gasteiger partial charge on any atom is -0.343 e. The molecule has 1 aromatic heterocycles. The van der Waals surface area contributed by atoms with Gasteiger partial charge in [0.25, 0.3) is 5.91 Å². The van der Waals surface area contributed by atoms with Gasteiger partial charge in [0.15, 0.2) is 0 Å². The first-order valence-corrected chi connectivity index (χ1v) is 4.13. The van der Waals surface area contributed by atoms with Gasteiger partial charge in [0, 0.05) is 11.8 Å². The molecule has 0 saturated heterocycles. The first kappa shape index (κ1) is 12.0. The van der Waals surface area contributed by atoms with Gasteiger partial charge in [-0.1, -0.05) is 0 Å². The van der Waals surface area contributed by atoms with Crippen LogP contribution in [0.25, 0.3) is 0 Å². The Labute approximate surface area is 88.7 Å². The van der Waals surface area contributed by atoms with Gasteiger partial charge in [-0.25, -0.2) is 4.98 Å². The lowest BCUT2D eigenvalue weighted by Crippen LogP contribution is -2.33. The molecule has 7 heteroatoms. The molecule has 0 fully saturated rings. The number of carbonyl (C=O) groups is 1. The Morgan fingerprint density at radius 3 is 2.81 bits per heavy atom. The number of aromatic nitrogens is 1. The summed E-state index contributed by atoms with van der Waals surface area (Å²) >= 11 is 0. The normalized spacial score (nSPS) is 10.6. The number of alkyl halides is 3. The standard InChI is InChI=1S/C9H6F3N3O/c10-9(11,12)5-15-8(16)6-1-2-14-7(3-6)4-13/h1-3H,5H2,(H,15,16). The van der Waals surface area contributed by atoms with E-state index in [9.17, 15) is 18.0 Å². The third-order valence-corrected chi connectivity index (χ3v) is 1.59. The van der Waals surface area contributed by atoms with Crippen molar-refractivity contribution in [2.75, 3.05) is 6.54 Å². The van der Waals surface area contributed by atoms with Crippen LogP contribution in [-0.4, -0.2) is 23.6 Å². The minimum absolute atomic E-state index is 0.0281. The molecule has 0 aliphatic heterocycles. The van der Waals surface area contributed by atoms with E-state index in [0.717, 1.165) is 6.07 Å². The number of hydrogen-bond donors (Lipinski definition) is 1. The third-order valence-electron chi connectivity index (χ3n) is 1.59. The molecule has 1 aromatic rings. The first-order valence-electron chi connectivity index (χ1n) is 4.13. The number of amides is 1. The summed E-state index contributed by atoms with van der Waals surface area (Å²) in [6.07, 6.45) is -3.28. The molecular formula is C9H6F3N3O. The van der Waals surface area contributed by atoms with Crippen LogP contribution >= 0.6 is 0 Å². The fourth-order valence-corrected chi connectivity index (χ4v) is 0.915. The fraction of sp³-hybridized carbons (Fsp3) is 0.222. The van der Waals surface area contributed by atoms with Crippen LogP contribution in [-0.2, 0) is 0 Å². The van der Waals surface area contributed by atoms with Crippen LogP contribution in [0.15, 0.2) is 18.3 Å². The Morgan fingerprint density at radius 1 is 1.56 bits per heavy atom. The van der Waals surface area contributed by atoms with E-state index in [4.69, 9.17) is 5.26 Å². The molecule has 0 aromatic carbocycles. The summed E-state index contributed by atoms with van der Waals surface area (Å²) in [6, 6.07) is 4.03. The van der Waals surface area contributed by atoms with E-state index in [1.54, 1.807) is 11.4 Å². The van der Waals surface area contributed by atoms with Crippen LogP contribution in [0.3, 0.4) is 0 Å². The van der Waals surface area contributed by atoms with Crippen molar-refractivity contribution in [2.45, 2.75) is 6.18 Å². The molecule has 0 aliphatic carbocycles. The summed E-state index contributed by atoms with van der Waals surface area (Å²) in [5.41, 5.74) is -0.0598. The Hall–Kier alpha value is -2.10. The van der Waals surface area contributed by atoms with Gasteiger partial charge < -0.3 is 5.32 Å². The first-order chi connectivity index (χ1) is 7.42. The zero-order chi connectivity index (χ0) is 12.2. The summed E-state index contributed by atoms with van der Waals surface area (Å²) in [7, 11) is 0. The van der Waals surface area contributed by atoms with Crippen molar-refractivity contribution >= 4 is 5.91 Å². The van der Waals surface area contributed by atoms with Gasteiger partial charge in [-0.3, -0.25) is 4.79 Å². The average Bonchev–Trinajstić information content (AvgIpc) is 2.25. The van der Waals surface area contributed by atoms with Crippen LogP contribution in [0.4, 0.5) is 13.2 Å². The molecule has 0 radical (unpaired) electrons. The second-order valence-corrected chi connectivity index (χ2v) is 2.84. The summed E-state index contributed by atoms with van der Waals surface area (Å²) in [5.74, 6) is -0.892. The van der Waals surface area contributed by atoms with Gasteiger partial charge in [0.1, 0.15) is 18.3 Å². The third kappa shape index (κ3) is 3.57. The van der Waals surface area contributed by atoms with Crippen molar-refractivity contribution in [2.24, 2.45) is 0 Å². The zero-order valence-electron chi connectivity index (χ0n) is 7.88. The molecule has 0 spiro atoms. The summed E-state index contributed by atoms with van der Waals surface area (Å²) < 4.78 is 35.4. The lowest BCUT2D eigenvalue weighted by molar-refractivity contribution is -0.123. The van der Waals surface area contributed by atoms with Crippen LogP contribution < -0.4 is 5.32 Å². The number of hydrogen-bond acceptors (Lipinski definition) is 3. The zero-order valence-corrected chi connectivity index (χ0v) is 7.88. The van der Waals surface area contributed by atoms with E-state index in [1.165, 1.54) is 12.3 Å². The summed E-state index contributed by atoms with van der Waals surface area (Å²) in [6.45, 7) is -1.41. The molecular weight excluding hydrogens is 223 g/mol. The fourth-order valence-electron chi connectivity index (χ4n) is 0.915. The second kappa shape index (κ2) is 4.61. The van der Waals surface area contributed by atoms with E-state index >= 15 is 0 Å². The molecule has 0 bridgehead atoms. The molecule has 1 heterocycles. The second-order valence-electron chi connectivity index (χ2n) is 2.84. The quantitative estimate of drug-likeness (QED) is 0.829. The van der Waals surface area contributed by atoms with Crippen molar-refractivity contribution in [3.05, 3.63) is 29.6 Å². The highest BCUT2D eigenvalue weighted by atomic mass is 19.4. The van der Waals surface area contributed by atoms with Crippen LogP contribution in [0, 0.1) is 11.3 Å². The van der Waals surface area contributed by atoms with Gasteiger partial charge in [0.05, 0.1) is 0 Å². The predicted molar refractivity (Wildman–Crippen MR) is 47.3 cm³/mol. The summed E-state index contributed by atoms with van der Waals surface area (Å²) in [4.78, 5) is 14.8. The van der Waals surface area contributed by atoms with Gasteiger partial charge in [-0.15, -0.1) is 0 Å². The molecule has 1 rings (SSSR count). The molecule has 4 nitrogen and oxygen atoms in total. The molecule has 0 saturated carbocycles. The number of pyridine rings is 1. The van der Waals surface area contributed by atoms with E-state index in [0.29, 0.717) is 0 Å². The molecule has 0 unspecified atom stereocenters. The van der Waals surface area contributed by atoms with Crippen LogP contribution in [0.1, 0.15) is 16.1 Å². The lowest BCUT2D eigenvalue weighted by atomic mass is 10.2. The Morgan fingerprint density at radius 2 is 2.25 bits per heavy atom. The number of nitrogens with zero attached hydrogens (tertiary/aromatic N) is 2. The number of halogens is 3. The monoisotopic (exact) mass is 229 g/mol. The number of nitrogens with one attached hydrogen (secondary N) is 1. The maximum Gasteiger partial charge on any atom is 0.405 e. The van der Waals surface area contributed by atoms with Gasteiger partial charge in [-0.2, -0.15) is 18.4 Å². The van der Waals surface area contributed by atoms with Crippen molar-refractivity contribution in [3.63, 3.8) is 0 Å². The highest BCUT2D eigenvalue weighted by molar-refractivity contribution is 5.94. The van der Waals surface area contributed by atoms with Gasteiger partial charge >= 0.3 is 6.18 Å². The number of carbonyl (C=O) groups excluding carboxylic acids is 1. The van der Waals surface area contributed by atoms with Crippen molar-refractivity contribution in [3.8, 4) is 6.07 Å². The molecule has 1 N–H and O–H groups in total. The largest absolute Gasteiger partial charge is 0.405 e. The maximum atomic E-state index is 11.8. The maximum absolute atomic E-state index is 11.8. The molecule has 0 aliphatic rings. The topological polar surface area (TPSA) is 65.8 Å². The van der Waals surface area contributed by atoms with Crippen molar-refractivity contribution in [1.82, 2.24) is 10.3 Å². The van der Waals surface area contributed by atoms with Crippen molar-refractivity contribution < 1.29 is 18.0 Å². The minimum atomic E-state index is -4.46.